The zero-order valence-electron chi connectivity index (χ0n) is 10.6. The Hall–Kier alpha value is -1.75. The third kappa shape index (κ3) is 2.41. The molecule has 0 saturated carbocycles. The number of aryl methyl sites for hydroxylation is 2. The maximum atomic E-state index is 11.7. The number of esters is 1. The van der Waals surface area contributed by atoms with Crippen LogP contribution in [-0.4, -0.2) is 22.5 Å². The largest absolute Gasteiger partial charge is 0.461 e. The second-order valence-electron chi connectivity index (χ2n) is 3.81. The molecular formula is C13H14N2O2S. The molecule has 2 rings (SSSR count). The second-order valence-corrected chi connectivity index (χ2v) is 5.02. The molecule has 2 aromatic rings. The number of rotatable bonds is 3. The van der Waals surface area contributed by atoms with Crippen molar-refractivity contribution in [3.63, 3.8) is 0 Å². The van der Waals surface area contributed by atoms with Crippen LogP contribution in [0.4, 0.5) is 0 Å². The van der Waals surface area contributed by atoms with Crippen molar-refractivity contribution in [2.75, 3.05) is 6.61 Å². The Labute approximate surface area is 110 Å². The molecule has 5 heteroatoms. The monoisotopic (exact) mass is 262 g/mol. The highest BCUT2D eigenvalue weighted by Crippen LogP contribution is 2.28. The highest BCUT2D eigenvalue weighted by Gasteiger charge is 2.18. The van der Waals surface area contributed by atoms with Crippen LogP contribution in [0.5, 0.6) is 0 Å². The number of carbonyl (C=O) groups excluding carboxylic acids is 1. The zero-order valence-corrected chi connectivity index (χ0v) is 11.4. The molecule has 0 atom stereocenters. The summed E-state index contributed by atoms with van der Waals surface area (Å²) in [4.78, 5) is 21.2. The van der Waals surface area contributed by atoms with Gasteiger partial charge in [0.25, 0.3) is 0 Å². The van der Waals surface area contributed by atoms with Crippen molar-refractivity contribution in [2.45, 2.75) is 20.8 Å². The molecule has 0 saturated heterocycles. The van der Waals surface area contributed by atoms with Crippen LogP contribution in [-0.2, 0) is 4.74 Å². The molecule has 4 nitrogen and oxygen atoms in total. The minimum Gasteiger partial charge on any atom is -0.461 e. The summed E-state index contributed by atoms with van der Waals surface area (Å²) in [6.07, 6.45) is 1.73. The van der Waals surface area contributed by atoms with Crippen LogP contribution in [0.2, 0.25) is 0 Å². The first-order chi connectivity index (χ1) is 8.63. The van der Waals surface area contributed by atoms with E-state index < -0.39 is 0 Å². The van der Waals surface area contributed by atoms with Gasteiger partial charge in [-0.3, -0.25) is 4.98 Å². The van der Waals surface area contributed by atoms with Crippen molar-refractivity contribution in [1.82, 2.24) is 9.97 Å². The van der Waals surface area contributed by atoms with Crippen LogP contribution < -0.4 is 0 Å². The fraction of sp³-hybridized carbons (Fsp3) is 0.308. The van der Waals surface area contributed by atoms with Gasteiger partial charge in [-0.1, -0.05) is 6.07 Å². The van der Waals surface area contributed by atoms with E-state index >= 15 is 0 Å². The van der Waals surface area contributed by atoms with E-state index in [0.29, 0.717) is 12.3 Å². The van der Waals surface area contributed by atoms with Crippen molar-refractivity contribution in [1.29, 1.82) is 0 Å². The number of hydrogen-bond donors (Lipinski definition) is 0. The summed E-state index contributed by atoms with van der Waals surface area (Å²) in [5.41, 5.74) is 2.25. The first-order valence-electron chi connectivity index (χ1n) is 5.70. The number of pyridine rings is 1. The molecule has 18 heavy (non-hydrogen) atoms. The van der Waals surface area contributed by atoms with Crippen LogP contribution in [0.15, 0.2) is 18.3 Å². The van der Waals surface area contributed by atoms with E-state index in [1.54, 1.807) is 13.1 Å². The average molecular weight is 262 g/mol. The summed E-state index contributed by atoms with van der Waals surface area (Å²) in [6, 6.07) is 3.86. The molecule has 0 aliphatic carbocycles. The Morgan fingerprint density at radius 1 is 1.44 bits per heavy atom. The molecule has 0 aromatic carbocycles. The highest BCUT2D eigenvalue weighted by molar-refractivity contribution is 7.15. The lowest BCUT2D eigenvalue weighted by Crippen LogP contribution is -2.06. The lowest BCUT2D eigenvalue weighted by atomic mass is 10.2. The molecule has 0 amide bonds. The molecule has 0 radical (unpaired) electrons. The van der Waals surface area contributed by atoms with Gasteiger partial charge in [0.05, 0.1) is 6.61 Å². The fourth-order valence-corrected chi connectivity index (χ4v) is 2.56. The summed E-state index contributed by atoms with van der Waals surface area (Å²) >= 11 is 1.46. The van der Waals surface area contributed by atoms with Gasteiger partial charge in [-0.05, 0) is 32.4 Å². The zero-order chi connectivity index (χ0) is 13.1. The molecule has 94 valence electrons. The van der Waals surface area contributed by atoms with Gasteiger partial charge in [0.1, 0.15) is 10.7 Å². The highest BCUT2D eigenvalue weighted by atomic mass is 32.1. The van der Waals surface area contributed by atoms with Crippen molar-refractivity contribution >= 4 is 17.3 Å². The Kier molecular flexibility index (Phi) is 3.72. The van der Waals surface area contributed by atoms with E-state index in [9.17, 15) is 4.79 Å². The van der Waals surface area contributed by atoms with Gasteiger partial charge in [-0.2, -0.15) is 0 Å². The molecule has 0 aliphatic rings. The van der Waals surface area contributed by atoms with Gasteiger partial charge >= 0.3 is 5.97 Å². The van der Waals surface area contributed by atoms with Gasteiger partial charge in [-0.15, -0.1) is 11.3 Å². The van der Waals surface area contributed by atoms with E-state index in [1.807, 2.05) is 26.0 Å². The number of nitrogens with zero attached hydrogens (tertiary/aromatic N) is 2. The number of aromatic nitrogens is 2. The van der Waals surface area contributed by atoms with Crippen LogP contribution in [0, 0.1) is 13.8 Å². The quantitative estimate of drug-likeness (QED) is 0.798. The summed E-state index contributed by atoms with van der Waals surface area (Å²) in [7, 11) is 0. The topological polar surface area (TPSA) is 52.1 Å². The van der Waals surface area contributed by atoms with Crippen molar-refractivity contribution in [3.8, 4) is 10.7 Å². The summed E-state index contributed by atoms with van der Waals surface area (Å²) in [5.74, 6) is -0.369. The Morgan fingerprint density at radius 3 is 2.89 bits per heavy atom. The normalized spacial score (nSPS) is 10.4. The smallest absolute Gasteiger partial charge is 0.358 e. The average Bonchev–Trinajstić information content (AvgIpc) is 2.72. The molecule has 0 bridgehead atoms. The number of carbonyl (C=O) groups is 1. The molecule has 0 unspecified atom stereocenters. The second kappa shape index (κ2) is 5.27. The maximum Gasteiger partial charge on any atom is 0.358 e. The molecule has 0 aliphatic heterocycles. The van der Waals surface area contributed by atoms with Gasteiger partial charge in [0.15, 0.2) is 5.69 Å². The van der Waals surface area contributed by atoms with Crippen LogP contribution in [0.3, 0.4) is 0 Å². The Balaban J connectivity index is 2.41. The van der Waals surface area contributed by atoms with Crippen molar-refractivity contribution in [2.24, 2.45) is 0 Å². The molecule has 0 spiro atoms. The molecule has 2 heterocycles. The van der Waals surface area contributed by atoms with E-state index in [-0.39, 0.29) is 5.97 Å². The summed E-state index contributed by atoms with van der Waals surface area (Å²) in [5, 5.41) is 0.758. The molecule has 0 fully saturated rings. The minimum absolute atomic E-state index is 0.355. The van der Waals surface area contributed by atoms with Crippen molar-refractivity contribution < 1.29 is 9.53 Å². The third-order valence-electron chi connectivity index (χ3n) is 2.48. The maximum absolute atomic E-state index is 11.7. The predicted octanol–water partition coefficient (Wildman–Crippen LogP) is 3.00. The minimum atomic E-state index is -0.369. The molecule has 0 N–H and O–H groups in total. The van der Waals surface area contributed by atoms with Crippen LogP contribution in [0.25, 0.3) is 10.7 Å². The fourth-order valence-electron chi connectivity index (χ4n) is 1.60. The van der Waals surface area contributed by atoms with E-state index in [2.05, 4.69) is 9.97 Å². The lowest BCUT2D eigenvalue weighted by molar-refractivity contribution is 0.0519. The lowest BCUT2D eigenvalue weighted by Gasteiger charge is -1.99. The van der Waals surface area contributed by atoms with Gasteiger partial charge < -0.3 is 4.74 Å². The first kappa shape index (κ1) is 12.7. The SMILES string of the molecule is CCOC(=O)c1nc(-c2ncccc2C)sc1C. The summed E-state index contributed by atoms with van der Waals surface area (Å²) in [6.45, 7) is 5.98. The van der Waals surface area contributed by atoms with Crippen LogP contribution in [0.1, 0.15) is 27.9 Å². The molecular weight excluding hydrogens is 248 g/mol. The summed E-state index contributed by atoms with van der Waals surface area (Å²) < 4.78 is 4.97. The van der Waals surface area contributed by atoms with E-state index in [1.165, 1.54) is 11.3 Å². The standard InChI is InChI=1S/C13H14N2O2S/c1-4-17-13(16)11-9(3)18-12(15-11)10-8(2)6-5-7-14-10/h5-7H,4H2,1-3H3. The predicted molar refractivity (Wildman–Crippen MR) is 70.8 cm³/mol. The first-order valence-corrected chi connectivity index (χ1v) is 6.51. The van der Waals surface area contributed by atoms with Gasteiger partial charge in [-0.25, -0.2) is 9.78 Å². The van der Waals surface area contributed by atoms with Gasteiger partial charge in [0, 0.05) is 11.1 Å². The Bertz CT molecular complexity index is 578. The van der Waals surface area contributed by atoms with Crippen LogP contribution >= 0.6 is 11.3 Å². The van der Waals surface area contributed by atoms with E-state index in [4.69, 9.17) is 4.74 Å². The van der Waals surface area contributed by atoms with Crippen molar-refractivity contribution in [3.05, 3.63) is 34.5 Å². The third-order valence-corrected chi connectivity index (χ3v) is 3.45. The van der Waals surface area contributed by atoms with E-state index in [0.717, 1.165) is 21.1 Å². The van der Waals surface area contributed by atoms with Gasteiger partial charge in [0.2, 0.25) is 0 Å². The number of ether oxygens (including phenoxy) is 1. The number of hydrogen-bond acceptors (Lipinski definition) is 5. The molecule has 2 aromatic heterocycles. The number of thiazole rings is 1. The Morgan fingerprint density at radius 2 is 2.22 bits per heavy atom.